The van der Waals surface area contributed by atoms with Gasteiger partial charge < -0.3 is 10.6 Å². The van der Waals surface area contributed by atoms with E-state index in [0.717, 1.165) is 18.1 Å². The maximum absolute atomic E-state index is 5.75. The Morgan fingerprint density at radius 2 is 2.00 bits per heavy atom. The maximum atomic E-state index is 5.75. The molecule has 0 aromatic carbocycles. The average molecular weight is 275 g/mol. The van der Waals surface area contributed by atoms with Crippen LogP contribution in [0.15, 0.2) is 28.8 Å². The van der Waals surface area contributed by atoms with E-state index in [1.807, 2.05) is 0 Å². The van der Waals surface area contributed by atoms with Crippen molar-refractivity contribution in [2.45, 2.75) is 23.0 Å². The van der Waals surface area contributed by atoms with E-state index in [1.165, 1.54) is 30.9 Å². The lowest BCUT2D eigenvalue weighted by atomic mass is 10.4. The van der Waals surface area contributed by atoms with Crippen LogP contribution in [0.4, 0.5) is 11.9 Å². The van der Waals surface area contributed by atoms with Gasteiger partial charge in [0.2, 0.25) is 17.1 Å². The largest absolute Gasteiger partial charge is 0.368 e. The van der Waals surface area contributed by atoms with E-state index >= 15 is 0 Å². The molecule has 0 atom stereocenters. The number of nitrogens with two attached hydrogens (primary N) is 1. The highest BCUT2D eigenvalue weighted by Gasteiger charge is 2.17. The number of rotatable bonds is 3. The summed E-state index contributed by atoms with van der Waals surface area (Å²) in [5.74, 6) is 0.898. The molecule has 0 saturated carbocycles. The zero-order valence-electron chi connectivity index (χ0n) is 10.2. The number of hydrogen-bond acceptors (Lipinski definition) is 8. The van der Waals surface area contributed by atoms with Crippen LogP contribution in [0, 0.1) is 0 Å². The Kier molecular flexibility index (Phi) is 3.41. The molecule has 0 aliphatic carbocycles. The number of nitrogen functional groups attached to an aromatic ring is 1. The van der Waals surface area contributed by atoms with Crippen LogP contribution in [0.25, 0.3) is 0 Å². The second kappa shape index (κ2) is 5.35. The van der Waals surface area contributed by atoms with Gasteiger partial charge in [-0.3, -0.25) is 0 Å². The van der Waals surface area contributed by atoms with Gasteiger partial charge in [0.1, 0.15) is 11.4 Å². The maximum Gasteiger partial charge on any atom is 0.231 e. The molecule has 0 bridgehead atoms. The van der Waals surface area contributed by atoms with E-state index in [9.17, 15) is 0 Å². The van der Waals surface area contributed by atoms with Crippen molar-refractivity contribution < 1.29 is 0 Å². The second-order valence-corrected chi connectivity index (χ2v) is 5.11. The minimum atomic E-state index is 0.244. The highest BCUT2D eigenvalue weighted by Crippen LogP contribution is 2.24. The van der Waals surface area contributed by atoms with Crippen molar-refractivity contribution in [3.8, 4) is 0 Å². The number of anilines is 2. The fourth-order valence-corrected chi connectivity index (χ4v) is 2.58. The highest BCUT2D eigenvalue weighted by molar-refractivity contribution is 7.99. The molecule has 3 rings (SSSR count). The summed E-state index contributed by atoms with van der Waals surface area (Å²) in [6, 6.07) is 1.81. The standard InChI is InChI=1S/C11H13N7S/c12-9-15-10(18-5-1-2-6-18)17-11(16-9)19-8-3-4-13-7-14-8/h3-4,7H,1-2,5-6H2,(H2,12,15,16,17). The predicted octanol–water partition coefficient (Wildman–Crippen LogP) is 0.995. The third kappa shape index (κ3) is 2.90. The van der Waals surface area contributed by atoms with E-state index in [-0.39, 0.29) is 5.95 Å². The second-order valence-electron chi connectivity index (χ2n) is 4.12. The van der Waals surface area contributed by atoms with E-state index in [4.69, 9.17) is 5.73 Å². The fourth-order valence-electron chi connectivity index (χ4n) is 1.90. The summed E-state index contributed by atoms with van der Waals surface area (Å²) in [6.07, 6.45) is 5.51. The van der Waals surface area contributed by atoms with Crippen LogP contribution < -0.4 is 10.6 Å². The normalized spacial score (nSPS) is 14.8. The van der Waals surface area contributed by atoms with Crippen LogP contribution in [0.5, 0.6) is 0 Å². The highest BCUT2D eigenvalue weighted by atomic mass is 32.2. The van der Waals surface area contributed by atoms with Crippen LogP contribution in [0.1, 0.15) is 12.8 Å². The summed E-state index contributed by atoms with van der Waals surface area (Å²) >= 11 is 1.35. The Morgan fingerprint density at radius 3 is 2.74 bits per heavy atom. The Bertz CT molecular complexity index is 556. The molecule has 8 heteroatoms. The Hall–Kier alpha value is -1.96. The number of hydrogen-bond donors (Lipinski definition) is 1. The van der Waals surface area contributed by atoms with Crippen molar-refractivity contribution in [3.63, 3.8) is 0 Å². The quantitative estimate of drug-likeness (QED) is 0.829. The molecule has 2 N–H and O–H groups in total. The SMILES string of the molecule is Nc1nc(Sc2ccncn2)nc(N2CCCC2)n1. The zero-order valence-corrected chi connectivity index (χ0v) is 11.0. The molecular formula is C11H13N7S. The molecule has 1 aliphatic rings. The molecule has 1 fully saturated rings. The zero-order chi connectivity index (χ0) is 13.1. The van der Waals surface area contributed by atoms with E-state index in [2.05, 4.69) is 29.8 Å². The van der Waals surface area contributed by atoms with Gasteiger partial charge in [0, 0.05) is 19.3 Å². The lowest BCUT2D eigenvalue weighted by Crippen LogP contribution is -2.21. The van der Waals surface area contributed by atoms with Gasteiger partial charge >= 0.3 is 0 Å². The molecule has 7 nitrogen and oxygen atoms in total. The summed E-state index contributed by atoms with van der Waals surface area (Å²) in [7, 11) is 0. The Labute approximate surface area is 114 Å². The first-order valence-corrected chi connectivity index (χ1v) is 6.83. The minimum absolute atomic E-state index is 0.244. The summed E-state index contributed by atoms with van der Waals surface area (Å²) in [5, 5.41) is 1.35. The summed E-state index contributed by atoms with van der Waals surface area (Å²) in [4.78, 5) is 22.9. The lowest BCUT2D eigenvalue weighted by molar-refractivity contribution is 0.832. The van der Waals surface area contributed by atoms with Crippen molar-refractivity contribution in [3.05, 3.63) is 18.6 Å². The smallest absolute Gasteiger partial charge is 0.231 e. The van der Waals surface area contributed by atoms with Crippen LogP contribution in [-0.4, -0.2) is 38.0 Å². The fraction of sp³-hybridized carbons (Fsp3) is 0.364. The lowest BCUT2D eigenvalue weighted by Gasteiger charge is -2.15. The van der Waals surface area contributed by atoms with E-state index < -0.39 is 0 Å². The van der Waals surface area contributed by atoms with E-state index in [0.29, 0.717) is 11.1 Å². The van der Waals surface area contributed by atoms with Gasteiger partial charge in [-0.15, -0.1) is 0 Å². The molecule has 2 aromatic rings. The first-order valence-electron chi connectivity index (χ1n) is 6.01. The molecule has 0 spiro atoms. The molecule has 1 saturated heterocycles. The monoisotopic (exact) mass is 275 g/mol. The topological polar surface area (TPSA) is 93.7 Å². The molecule has 2 aromatic heterocycles. The van der Waals surface area contributed by atoms with Crippen molar-refractivity contribution in [2.24, 2.45) is 0 Å². The third-order valence-electron chi connectivity index (χ3n) is 2.76. The van der Waals surface area contributed by atoms with Crippen LogP contribution in [0.3, 0.4) is 0 Å². The summed E-state index contributed by atoms with van der Waals surface area (Å²) in [5.41, 5.74) is 5.75. The van der Waals surface area contributed by atoms with Crippen molar-refractivity contribution in [1.82, 2.24) is 24.9 Å². The number of nitrogens with zero attached hydrogens (tertiary/aromatic N) is 6. The van der Waals surface area contributed by atoms with Crippen LogP contribution in [-0.2, 0) is 0 Å². The first kappa shape index (κ1) is 12.1. The third-order valence-corrected chi connectivity index (χ3v) is 3.58. The van der Waals surface area contributed by atoms with Crippen LogP contribution >= 0.6 is 11.8 Å². The molecule has 19 heavy (non-hydrogen) atoms. The molecule has 0 unspecified atom stereocenters. The van der Waals surface area contributed by atoms with Gasteiger partial charge in [0.25, 0.3) is 0 Å². The Balaban J connectivity index is 1.85. The Morgan fingerprint density at radius 1 is 1.16 bits per heavy atom. The molecular weight excluding hydrogens is 262 g/mol. The van der Waals surface area contributed by atoms with Crippen molar-refractivity contribution in [1.29, 1.82) is 0 Å². The minimum Gasteiger partial charge on any atom is -0.368 e. The summed E-state index contributed by atoms with van der Waals surface area (Å²) in [6.45, 7) is 1.95. The molecule has 1 aliphatic heterocycles. The molecule has 98 valence electrons. The van der Waals surface area contributed by atoms with Gasteiger partial charge in [0.05, 0.1) is 0 Å². The molecule has 0 amide bonds. The van der Waals surface area contributed by atoms with Gasteiger partial charge in [-0.05, 0) is 30.7 Å². The van der Waals surface area contributed by atoms with Crippen LogP contribution in [0.2, 0.25) is 0 Å². The van der Waals surface area contributed by atoms with E-state index in [1.54, 1.807) is 12.3 Å². The first-order chi connectivity index (χ1) is 9.31. The van der Waals surface area contributed by atoms with Gasteiger partial charge in [-0.1, -0.05) is 0 Å². The van der Waals surface area contributed by atoms with Crippen molar-refractivity contribution in [2.75, 3.05) is 23.7 Å². The predicted molar refractivity (Wildman–Crippen MR) is 71.8 cm³/mol. The average Bonchev–Trinajstić information content (AvgIpc) is 2.93. The van der Waals surface area contributed by atoms with Gasteiger partial charge in [-0.2, -0.15) is 15.0 Å². The van der Waals surface area contributed by atoms with Gasteiger partial charge in [-0.25, -0.2) is 9.97 Å². The number of aromatic nitrogens is 5. The van der Waals surface area contributed by atoms with Crippen molar-refractivity contribution >= 4 is 23.7 Å². The molecule has 0 radical (unpaired) electrons. The molecule has 3 heterocycles. The van der Waals surface area contributed by atoms with Gasteiger partial charge in [0.15, 0.2) is 0 Å². The summed E-state index contributed by atoms with van der Waals surface area (Å²) < 4.78 is 0.